The number of nitrogens with one attached hydrogen (secondary N) is 1. The predicted molar refractivity (Wildman–Crippen MR) is 81.6 cm³/mol. The van der Waals surface area contributed by atoms with Crippen LogP contribution in [0.2, 0.25) is 0 Å². The molecule has 0 saturated heterocycles. The van der Waals surface area contributed by atoms with E-state index in [1.54, 1.807) is 0 Å². The van der Waals surface area contributed by atoms with E-state index in [4.69, 9.17) is 0 Å². The summed E-state index contributed by atoms with van der Waals surface area (Å²) in [6.07, 6.45) is 1.96. The monoisotopic (exact) mass is 275 g/mol. The maximum Gasteiger partial charge on any atom is 0.0587 e. The zero-order valence-electron chi connectivity index (χ0n) is 11.3. The molecule has 19 heavy (non-hydrogen) atoms. The lowest BCUT2D eigenvalue weighted by atomic mass is 10.1. The summed E-state index contributed by atoms with van der Waals surface area (Å²) in [6, 6.07) is 14.8. The first-order chi connectivity index (χ1) is 9.31. The quantitative estimate of drug-likeness (QED) is 0.814. The van der Waals surface area contributed by atoms with Gasteiger partial charge in [0.15, 0.2) is 0 Å². The second-order valence-corrected chi connectivity index (χ2v) is 5.92. The third-order valence-corrected chi connectivity index (χ3v) is 4.41. The molecule has 2 aromatic rings. The van der Waals surface area contributed by atoms with Crippen molar-refractivity contribution >= 4 is 11.3 Å². The Kier molecular flexibility index (Phi) is 5.58. The van der Waals surface area contributed by atoms with Gasteiger partial charge in [-0.05, 0) is 30.5 Å². The van der Waals surface area contributed by atoms with Crippen LogP contribution in [0.1, 0.15) is 22.2 Å². The van der Waals surface area contributed by atoms with Gasteiger partial charge in [0.25, 0.3) is 0 Å². The van der Waals surface area contributed by atoms with Gasteiger partial charge in [0, 0.05) is 22.3 Å². The first kappa shape index (κ1) is 14.3. The van der Waals surface area contributed by atoms with Gasteiger partial charge in [0.2, 0.25) is 0 Å². The fraction of sp³-hybridized carbons (Fsp3) is 0.375. The molecular weight excluding hydrogens is 254 g/mol. The number of rotatable bonds is 7. The van der Waals surface area contributed by atoms with Gasteiger partial charge in [0.05, 0.1) is 6.61 Å². The molecule has 0 unspecified atom stereocenters. The van der Waals surface area contributed by atoms with Crippen LogP contribution < -0.4 is 5.32 Å². The van der Waals surface area contributed by atoms with Crippen LogP contribution in [-0.2, 0) is 19.4 Å². The number of aliphatic hydroxyl groups is 1. The average Bonchev–Trinajstić information content (AvgIpc) is 2.92. The first-order valence-electron chi connectivity index (χ1n) is 6.77. The van der Waals surface area contributed by atoms with Crippen molar-refractivity contribution in [2.75, 3.05) is 6.61 Å². The van der Waals surface area contributed by atoms with Crippen LogP contribution in [0.5, 0.6) is 0 Å². The minimum atomic E-state index is 0.120. The van der Waals surface area contributed by atoms with Crippen LogP contribution in [-0.4, -0.2) is 17.8 Å². The Balaban J connectivity index is 1.85. The van der Waals surface area contributed by atoms with Crippen molar-refractivity contribution in [3.8, 4) is 0 Å². The van der Waals surface area contributed by atoms with Gasteiger partial charge < -0.3 is 10.4 Å². The molecule has 2 nitrogen and oxygen atoms in total. The number of hydrogen-bond donors (Lipinski definition) is 2. The van der Waals surface area contributed by atoms with Crippen molar-refractivity contribution in [3.63, 3.8) is 0 Å². The van der Waals surface area contributed by atoms with E-state index >= 15 is 0 Å². The molecule has 1 aromatic carbocycles. The summed E-state index contributed by atoms with van der Waals surface area (Å²) in [5.41, 5.74) is 1.26. The van der Waals surface area contributed by atoms with E-state index < -0.39 is 0 Å². The maximum atomic E-state index is 9.46. The van der Waals surface area contributed by atoms with Crippen LogP contribution >= 0.6 is 11.3 Å². The van der Waals surface area contributed by atoms with Crippen molar-refractivity contribution < 1.29 is 5.11 Å². The largest absolute Gasteiger partial charge is 0.395 e. The van der Waals surface area contributed by atoms with Crippen LogP contribution in [0.3, 0.4) is 0 Å². The molecule has 0 saturated carbocycles. The van der Waals surface area contributed by atoms with E-state index in [-0.39, 0.29) is 12.6 Å². The lowest BCUT2D eigenvalue weighted by Crippen LogP contribution is -2.33. The topological polar surface area (TPSA) is 32.3 Å². The molecule has 0 bridgehead atoms. The fourth-order valence-corrected chi connectivity index (χ4v) is 2.96. The van der Waals surface area contributed by atoms with Gasteiger partial charge in [-0.15, -0.1) is 11.3 Å². The Hall–Kier alpha value is -1.16. The van der Waals surface area contributed by atoms with E-state index in [1.165, 1.54) is 15.3 Å². The molecule has 0 fully saturated rings. The number of aryl methyl sites for hydroxylation is 1. The van der Waals surface area contributed by atoms with Gasteiger partial charge in [-0.1, -0.05) is 37.3 Å². The van der Waals surface area contributed by atoms with Crippen LogP contribution in [0.25, 0.3) is 0 Å². The number of aliphatic hydroxyl groups excluding tert-OH is 1. The molecule has 0 aliphatic heterocycles. The molecule has 0 amide bonds. The molecule has 1 aromatic heterocycles. The second-order valence-electron chi connectivity index (χ2n) is 4.67. The first-order valence-corrected chi connectivity index (χ1v) is 7.59. The summed E-state index contributed by atoms with van der Waals surface area (Å²) in [5.74, 6) is 0. The lowest BCUT2D eigenvalue weighted by Gasteiger charge is -2.15. The summed E-state index contributed by atoms with van der Waals surface area (Å²) in [7, 11) is 0. The Morgan fingerprint density at radius 3 is 2.47 bits per heavy atom. The Morgan fingerprint density at radius 2 is 1.84 bits per heavy atom. The molecule has 2 rings (SSSR count). The van der Waals surface area contributed by atoms with Gasteiger partial charge in [-0.2, -0.15) is 0 Å². The third kappa shape index (κ3) is 4.46. The minimum Gasteiger partial charge on any atom is -0.395 e. The van der Waals surface area contributed by atoms with Crippen molar-refractivity contribution in [2.24, 2.45) is 0 Å². The molecule has 2 N–H and O–H groups in total. The van der Waals surface area contributed by atoms with Crippen LogP contribution in [0.15, 0.2) is 42.5 Å². The third-order valence-electron chi connectivity index (χ3n) is 3.18. The molecule has 0 spiro atoms. The van der Waals surface area contributed by atoms with Crippen molar-refractivity contribution in [1.29, 1.82) is 0 Å². The molecule has 0 aliphatic rings. The highest BCUT2D eigenvalue weighted by molar-refractivity contribution is 7.11. The van der Waals surface area contributed by atoms with E-state index in [2.05, 4.69) is 36.5 Å². The zero-order chi connectivity index (χ0) is 13.5. The zero-order valence-corrected chi connectivity index (χ0v) is 12.1. The summed E-state index contributed by atoms with van der Waals surface area (Å²) in [4.78, 5) is 2.75. The normalized spacial score (nSPS) is 12.5. The van der Waals surface area contributed by atoms with E-state index in [0.717, 1.165) is 19.4 Å². The summed E-state index contributed by atoms with van der Waals surface area (Å²) < 4.78 is 0. The molecule has 3 heteroatoms. The van der Waals surface area contributed by atoms with Crippen molar-refractivity contribution in [1.82, 2.24) is 5.32 Å². The summed E-state index contributed by atoms with van der Waals surface area (Å²) in [6.45, 7) is 3.18. The highest BCUT2D eigenvalue weighted by atomic mass is 32.1. The maximum absolute atomic E-state index is 9.46. The summed E-state index contributed by atoms with van der Waals surface area (Å²) in [5, 5.41) is 12.9. The number of benzene rings is 1. The number of thiophene rings is 1. The Morgan fingerprint density at radius 1 is 1.11 bits per heavy atom. The SMILES string of the molecule is CCc1ccc(CN[C@H](CO)Cc2ccccc2)s1. The smallest absolute Gasteiger partial charge is 0.0587 e. The molecular formula is C16H21NOS. The van der Waals surface area contributed by atoms with Crippen molar-refractivity contribution in [2.45, 2.75) is 32.4 Å². The lowest BCUT2D eigenvalue weighted by molar-refractivity contribution is 0.241. The second kappa shape index (κ2) is 7.43. The minimum absolute atomic E-state index is 0.120. The molecule has 0 radical (unpaired) electrons. The number of hydrogen-bond acceptors (Lipinski definition) is 3. The average molecular weight is 275 g/mol. The predicted octanol–water partition coefficient (Wildman–Crippen LogP) is 3.00. The van der Waals surface area contributed by atoms with Crippen LogP contribution in [0, 0.1) is 0 Å². The van der Waals surface area contributed by atoms with E-state index in [0.29, 0.717) is 0 Å². The Labute approximate surface area is 119 Å². The highest BCUT2D eigenvalue weighted by Crippen LogP contribution is 2.16. The van der Waals surface area contributed by atoms with Gasteiger partial charge in [-0.25, -0.2) is 0 Å². The molecule has 102 valence electrons. The molecule has 1 atom stereocenters. The van der Waals surface area contributed by atoms with Crippen LogP contribution in [0.4, 0.5) is 0 Å². The van der Waals surface area contributed by atoms with E-state index in [1.807, 2.05) is 29.5 Å². The summed E-state index contributed by atoms with van der Waals surface area (Å²) >= 11 is 1.85. The molecule has 1 heterocycles. The Bertz CT molecular complexity index is 481. The fourth-order valence-electron chi connectivity index (χ4n) is 2.05. The van der Waals surface area contributed by atoms with Gasteiger partial charge in [0.1, 0.15) is 0 Å². The molecule has 0 aliphatic carbocycles. The standard InChI is InChI=1S/C16H21NOS/c1-2-15-8-9-16(19-15)11-17-14(12-18)10-13-6-4-3-5-7-13/h3-9,14,17-18H,2,10-12H2,1H3/t14-/m0/s1. The van der Waals surface area contributed by atoms with Crippen molar-refractivity contribution in [3.05, 3.63) is 57.8 Å². The van der Waals surface area contributed by atoms with Gasteiger partial charge in [-0.3, -0.25) is 0 Å². The van der Waals surface area contributed by atoms with Gasteiger partial charge >= 0.3 is 0 Å². The van der Waals surface area contributed by atoms with E-state index in [9.17, 15) is 5.11 Å². The highest BCUT2D eigenvalue weighted by Gasteiger charge is 2.08.